The Hall–Kier alpha value is -2.82. The Morgan fingerprint density at radius 3 is 2.52 bits per heavy atom. The van der Waals surface area contributed by atoms with Crippen molar-refractivity contribution in [3.8, 4) is 0 Å². The molecule has 1 heterocycles. The maximum absolute atomic E-state index is 12.5. The number of nitrogens with one attached hydrogen (secondary N) is 1. The Balaban J connectivity index is 1.60. The summed E-state index contributed by atoms with van der Waals surface area (Å²) < 4.78 is 7.63. The van der Waals surface area contributed by atoms with E-state index in [2.05, 4.69) is 43.6 Å². The zero-order valence-corrected chi connectivity index (χ0v) is 17.9. The molecule has 1 fully saturated rings. The van der Waals surface area contributed by atoms with Gasteiger partial charge in [0.25, 0.3) is 5.91 Å². The fraction of sp³-hybridized carbons (Fsp3) is 0.417. The van der Waals surface area contributed by atoms with Gasteiger partial charge < -0.3 is 14.6 Å². The summed E-state index contributed by atoms with van der Waals surface area (Å²) in [4.78, 5) is 24.7. The topological polar surface area (TPSA) is 60.3 Å². The number of carbonyl (C=O) groups excluding carboxylic acids is 2. The fourth-order valence-corrected chi connectivity index (χ4v) is 3.64. The van der Waals surface area contributed by atoms with E-state index in [0.717, 1.165) is 22.5 Å². The molecule has 1 N–H and O–H groups in total. The van der Waals surface area contributed by atoms with Crippen molar-refractivity contribution in [3.63, 3.8) is 0 Å². The molecule has 0 radical (unpaired) electrons. The van der Waals surface area contributed by atoms with Crippen molar-refractivity contribution in [3.05, 3.63) is 58.9 Å². The standard InChI is InChI=1S/C24H30N2O3/c1-15(2)21-8-6-7-9-22(21)25-24(28)18(5)29-23(27)13-10-19-14-16(3)26(17(19)4)20-11-12-20/h6-10,13-15,18,20H,11-12H2,1-5H3,(H,25,28)/b13-10+/t18-/m1/s1. The number of amides is 1. The summed E-state index contributed by atoms with van der Waals surface area (Å²) in [7, 11) is 0. The normalized spacial score (nSPS) is 15.0. The quantitative estimate of drug-likeness (QED) is 0.522. The number of esters is 1. The van der Waals surface area contributed by atoms with Crippen LogP contribution in [0.15, 0.2) is 36.4 Å². The molecule has 5 nitrogen and oxygen atoms in total. The zero-order chi connectivity index (χ0) is 21.1. The number of hydrogen-bond donors (Lipinski definition) is 1. The van der Waals surface area contributed by atoms with Gasteiger partial charge in [0.2, 0.25) is 0 Å². The predicted molar refractivity (Wildman–Crippen MR) is 116 cm³/mol. The van der Waals surface area contributed by atoms with Crippen LogP contribution in [0.4, 0.5) is 5.69 Å². The van der Waals surface area contributed by atoms with Crippen molar-refractivity contribution >= 4 is 23.6 Å². The number of anilines is 1. The lowest BCUT2D eigenvalue weighted by molar-refractivity contribution is -0.148. The summed E-state index contributed by atoms with van der Waals surface area (Å²) >= 11 is 0. The largest absolute Gasteiger partial charge is 0.449 e. The Labute approximate surface area is 172 Å². The number of hydrogen-bond acceptors (Lipinski definition) is 3. The first-order chi connectivity index (χ1) is 13.8. The van der Waals surface area contributed by atoms with Gasteiger partial charge in [-0.05, 0) is 68.9 Å². The molecule has 0 bridgehead atoms. The van der Waals surface area contributed by atoms with Gasteiger partial charge in [-0.1, -0.05) is 32.0 Å². The fourth-order valence-electron chi connectivity index (χ4n) is 3.64. The van der Waals surface area contributed by atoms with E-state index in [1.807, 2.05) is 24.3 Å². The maximum atomic E-state index is 12.5. The van der Waals surface area contributed by atoms with Crippen molar-refractivity contribution in [1.82, 2.24) is 4.57 Å². The molecule has 5 heteroatoms. The van der Waals surface area contributed by atoms with Crippen molar-refractivity contribution in [2.24, 2.45) is 0 Å². The van der Waals surface area contributed by atoms with E-state index in [-0.39, 0.29) is 11.8 Å². The molecule has 1 atom stereocenters. The van der Waals surface area contributed by atoms with Gasteiger partial charge in [0.15, 0.2) is 6.10 Å². The third-order valence-electron chi connectivity index (χ3n) is 5.34. The molecule has 1 saturated carbocycles. The molecule has 154 valence electrons. The highest BCUT2D eigenvalue weighted by molar-refractivity contribution is 5.97. The number of aromatic nitrogens is 1. The molecule has 0 spiro atoms. The summed E-state index contributed by atoms with van der Waals surface area (Å²) in [6.07, 6.45) is 4.71. The molecular weight excluding hydrogens is 364 g/mol. The summed E-state index contributed by atoms with van der Waals surface area (Å²) in [6.45, 7) is 9.87. The van der Waals surface area contributed by atoms with E-state index in [1.165, 1.54) is 24.6 Å². The van der Waals surface area contributed by atoms with Crippen LogP contribution in [0.2, 0.25) is 0 Å². The van der Waals surface area contributed by atoms with Gasteiger partial charge in [-0.25, -0.2) is 4.79 Å². The summed E-state index contributed by atoms with van der Waals surface area (Å²) in [5.74, 6) is -0.588. The molecule has 1 aliphatic rings. The highest BCUT2D eigenvalue weighted by atomic mass is 16.5. The molecule has 1 amide bonds. The number of benzene rings is 1. The molecule has 1 aromatic heterocycles. The van der Waals surface area contributed by atoms with Crippen LogP contribution in [0.5, 0.6) is 0 Å². The van der Waals surface area contributed by atoms with Crippen LogP contribution in [0.1, 0.15) is 68.1 Å². The summed E-state index contributed by atoms with van der Waals surface area (Å²) in [5.41, 5.74) is 5.16. The second kappa shape index (κ2) is 8.68. The molecule has 0 aliphatic heterocycles. The molecule has 0 unspecified atom stereocenters. The Kier molecular flexibility index (Phi) is 6.26. The second-order valence-corrected chi connectivity index (χ2v) is 8.07. The monoisotopic (exact) mass is 394 g/mol. The summed E-state index contributed by atoms with van der Waals surface area (Å²) in [5, 5.41) is 2.87. The number of para-hydroxylation sites is 1. The number of ether oxygens (including phenoxy) is 1. The average molecular weight is 395 g/mol. The van der Waals surface area contributed by atoms with Crippen LogP contribution < -0.4 is 5.32 Å². The van der Waals surface area contributed by atoms with Crippen molar-refractivity contribution in [1.29, 1.82) is 0 Å². The summed E-state index contributed by atoms with van der Waals surface area (Å²) in [6, 6.07) is 10.3. The van der Waals surface area contributed by atoms with Gasteiger partial charge in [-0.15, -0.1) is 0 Å². The maximum Gasteiger partial charge on any atom is 0.331 e. The first-order valence-corrected chi connectivity index (χ1v) is 10.2. The third-order valence-corrected chi connectivity index (χ3v) is 5.34. The lowest BCUT2D eigenvalue weighted by Crippen LogP contribution is -2.29. The highest BCUT2D eigenvalue weighted by Gasteiger charge is 2.26. The lowest BCUT2D eigenvalue weighted by Gasteiger charge is -2.16. The molecule has 3 rings (SSSR count). The molecule has 2 aromatic rings. The van der Waals surface area contributed by atoms with Crippen LogP contribution >= 0.6 is 0 Å². The van der Waals surface area contributed by atoms with E-state index in [9.17, 15) is 9.59 Å². The first kappa shape index (κ1) is 20.9. The van der Waals surface area contributed by atoms with E-state index >= 15 is 0 Å². The molecule has 0 saturated heterocycles. The van der Waals surface area contributed by atoms with E-state index in [0.29, 0.717) is 6.04 Å². The third kappa shape index (κ3) is 4.97. The van der Waals surface area contributed by atoms with Gasteiger partial charge in [0.05, 0.1) is 0 Å². The predicted octanol–water partition coefficient (Wildman–Crippen LogP) is 5.15. The van der Waals surface area contributed by atoms with Crippen molar-refractivity contribution in [2.75, 3.05) is 5.32 Å². The van der Waals surface area contributed by atoms with Crippen LogP contribution in [0.25, 0.3) is 6.08 Å². The van der Waals surface area contributed by atoms with E-state index < -0.39 is 12.1 Å². The van der Waals surface area contributed by atoms with Gasteiger partial charge in [0, 0.05) is 29.2 Å². The van der Waals surface area contributed by atoms with E-state index in [1.54, 1.807) is 13.0 Å². The number of rotatable bonds is 7. The number of carbonyl (C=O) groups is 2. The van der Waals surface area contributed by atoms with Crippen molar-refractivity contribution < 1.29 is 14.3 Å². The highest BCUT2D eigenvalue weighted by Crippen LogP contribution is 2.38. The Bertz CT molecular complexity index is 936. The smallest absolute Gasteiger partial charge is 0.331 e. The molecule has 1 aromatic carbocycles. The van der Waals surface area contributed by atoms with Crippen LogP contribution in [0, 0.1) is 13.8 Å². The van der Waals surface area contributed by atoms with Crippen molar-refractivity contribution in [2.45, 2.75) is 65.5 Å². The molecule has 29 heavy (non-hydrogen) atoms. The van der Waals surface area contributed by atoms with E-state index in [4.69, 9.17) is 4.74 Å². The minimum atomic E-state index is -0.883. The second-order valence-electron chi connectivity index (χ2n) is 8.07. The number of aryl methyl sites for hydroxylation is 1. The minimum Gasteiger partial charge on any atom is -0.449 e. The molecule has 1 aliphatic carbocycles. The SMILES string of the molecule is Cc1cc(/C=C/C(=O)O[C@H](C)C(=O)Nc2ccccc2C(C)C)c(C)n1C1CC1. The zero-order valence-electron chi connectivity index (χ0n) is 17.9. The van der Waals surface area contributed by atoms with Crippen LogP contribution in [-0.4, -0.2) is 22.5 Å². The number of nitrogens with zero attached hydrogens (tertiary/aromatic N) is 1. The first-order valence-electron chi connectivity index (χ1n) is 10.2. The average Bonchev–Trinajstić information content (AvgIpc) is 3.45. The minimum absolute atomic E-state index is 0.280. The Morgan fingerprint density at radius 1 is 1.17 bits per heavy atom. The van der Waals surface area contributed by atoms with Crippen LogP contribution in [0.3, 0.4) is 0 Å². The van der Waals surface area contributed by atoms with Crippen LogP contribution in [-0.2, 0) is 14.3 Å². The van der Waals surface area contributed by atoms with Gasteiger partial charge in [-0.3, -0.25) is 4.79 Å². The van der Waals surface area contributed by atoms with Gasteiger partial charge in [-0.2, -0.15) is 0 Å². The Morgan fingerprint density at radius 2 is 1.86 bits per heavy atom. The molecular formula is C24H30N2O3. The van der Waals surface area contributed by atoms with Gasteiger partial charge >= 0.3 is 5.97 Å². The van der Waals surface area contributed by atoms with Gasteiger partial charge in [0.1, 0.15) is 0 Å². The lowest BCUT2D eigenvalue weighted by atomic mass is 10.0.